The van der Waals surface area contributed by atoms with Crippen molar-refractivity contribution in [3.63, 3.8) is 0 Å². The van der Waals surface area contributed by atoms with Crippen molar-refractivity contribution >= 4 is 21.7 Å². The molecule has 1 aliphatic rings. The summed E-state index contributed by atoms with van der Waals surface area (Å²) < 4.78 is 23.2. The summed E-state index contributed by atoms with van der Waals surface area (Å²) >= 11 is 0. The van der Waals surface area contributed by atoms with E-state index in [-0.39, 0.29) is 23.5 Å². The van der Waals surface area contributed by atoms with E-state index in [4.69, 9.17) is 0 Å². The molecule has 8 heteroatoms. The van der Waals surface area contributed by atoms with Gasteiger partial charge in [-0.25, -0.2) is 18.4 Å². The van der Waals surface area contributed by atoms with Crippen LogP contribution in [0.15, 0.2) is 6.07 Å². The molecular weight excluding hydrogens is 328 g/mol. The van der Waals surface area contributed by atoms with Crippen molar-refractivity contribution in [2.24, 2.45) is 5.92 Å². The number of carbonyl (C=O) groups excluding carboxylic acids is 1. The fraction of sp³-hybridized carbons (Fsp3) is 0.688. The van der Waals surface area contributed by atoms with Crippen LogP contribution in [0.4, 0.5) is 5.95 Å². The Bertz CT molecular complexity index is 703. The van der Waals surface area contributed by atoms with Crippen LogP contribution in [0, 0.1) is 12.8 Å². The number of rotatable bonds is 6. The van der Waals surface area contributed by atoms with Crippen LogP contribution in [0.1, 0.15) is 42.9 Å². The quantitative estimate of drug-likeness (QED) is 0.832. The Morgan fingerprint density at radius 2 is 2.12 bits per heavy atom. The first kappa shape index (κ1) is 18.6. The normalized spacial score (nSPS) is 19.5. The lowest BCUT2D eigenvalue weighted by molar-refractivity contribution is 0.0741. The lowest BCUT2D eigenvalue weighted by Gasteiger charge is -2.23. The van der Waals surface area contributed by atoms with Gasteiger partial charge in [0, 0.05) is 25.3 Å². The van der Waals surface area contributed by atoms with Gasteiger partial charge in [0.1, 0.15) is 5.69 Å². The third-order valence-corrected chi connectivity index (χ3v) is 5.90. The molecule has 2 rings (SSSR count). The summed E-state index contributed by atoms with van der Waals surface area (Å²) in [7, 11) is -1.40. The summed E-state index contributed by atoms with van der Waals surface area (Å²) in [5, 5.41) is 3.14. The number of amides is 1. The van der Waals surface area contributed by atoms with Crippen molar-refractivity contribution in [2.75, 3.05) is 30.4 Å². The first-order chi connectivity index (χ1) is 11.2. The Kier molecular flexibility index (Phi) is 5.79. The number of aromatic nitrogens is 2. The summed E-state index contributed by atoms with van der Waals surface area (Å²) in [6.07, 6.45) is 1.47. The van der Waals surface area contributed by atoms with Crippen LogP contribution >= 0.6 is 0 Å². The first-order valence-corrected chi connectivity index (χ1v) is 10.1. The van der Waals surface area contributed by atoms with Gasteiger partial charge in [-0.05, 0) is 31.7 Å². The molecule has 1 aromatic rings. The van der Waals surface area contributed by atoms with E-state index in [0.29, 0.717) is 29.7 Å². The van der Waals surface area contributed by atoms with Gasteiger partial charge >= 0.3 is 0 Å². The predicted molar refractivity (Wildman–Crippen MR) is 93.9 cm³/mol. The van der Waals surface area contributed by atoms with Gasteiger partial charge in [-0.1, -0.05) is 13.8 Å². The van der Waals surface area contributed by atoms with Crippen LogP contribution in [-0.4, -0.2) is 60.3 Å². The molecule has 1 saturated heterocycles. The van der Waals surface area contributed by atoms with Crippen molar-refractivity contribution in [2.45, 2.75) is 39.7 Å². The van der Waals surface area contributed by atoms with Gasteiger partial charge in [-0.3, -0.25) is 4.79 Å². The molecular formula is C16H26N4O3S. The lowest BCUT2D eigenvalue weighted by atomic mass is 10.1. The summed E-state index contributed by atoms with van der Waals surface area (Å²) in [6.45, 7) is 6.83. The third-order valence-electron chi connectivity index (χ3n) is 4.15. The molecule has 1 N–H and O–H groups in total. The summed E-state index contributed by atoms with van der Waals surface area (Å²) in [5.41, 5.74) is 0.995. The molecule has 0 spiro atoms. The molecule has 0 saturated carbocycles. The van der Waals surface area contributed by atoms with E-state index in [0.717, 1.165) is 13.0 Å². The maximum atomic E-state index is 12.6. The molecule has 134 valence electrons. The van der Waals surface area contributed by atoms with Crippen LogP contribution < -0.4 is 5.32 Å². The molecule has 0 aromatic carbocycles. The Morgan fingerprint density at radius 1 is 1.42 bits per heavy atom. The van der Waals surface area contributed by atoms with Crippen LogP contribution in [0.25, 0.3) is 0 Å². The molecule has 1 amide bonds. The van der Waals surface area contributed by atoms with E-state index in [1.165, 1.54) is 4.90 Å². The van der Waals surface area contributed by atoms with E-state index < -0.39 is 9.84 Å². The average molecular weight is 354 g/mol. The Morgan fingerprint density at radius 3 is 2.71 bits per heavy atom. The standard InChI is InChI=1S/C16H26N4O3S/c1-11(2)5-7-17-16-18-12(3)9-14(19-16)15(21)20(4)13-6-8-24(22,23)10-13/h9,11,13H,5-8,10H2,1-4H3,(H,17,18,19). The third kappa shape index (κ3) is 4.90. The second-order valence-electron chi connectivity index (χ2n) is 6.80. The molecule has 0 radical (unpaired) electrons. The predicted octanol–water partition coefficient (Wildman–Crippen LogP) is 1.50. The summed E-state index contributed by atoms with van der Waals surface area (Å²) in [6, 6.07) is 1.35. The molecule has 1 fully saturated rings. The van der Waals surface area contributed by atoms with E-state index >= 15 is 0 Å². The number of hydrogen-bond donors (Lipinski definition) is 1. The zero-order chi connectivity index (χ0) is 17.9. The minimum atomic E-state index is -3.03. The number of aryl methyl sites for hydroxylation is 1. The number of hydrogen-bond acceptors (Lipinski definition) is 6. The molecule has 2 heterocycles. The number of anilines is 1. The zero-order valence-corrected chi connectivity index (χ0v) is 15.6. The number of sulfone groups is 1. The van der Waals surface area contributed by atoms with Crippen molar-refractivity contribution in [3.8, 4) is 0 Å². The van der Waals surface area contributed by atoms with Gasteiger partial charge < -0.3 is 10.2 Å². The SMILES string of the molecule is Cc1cc(C(=O)N(C)C2CCS(=O)(=O)C2)nc(NCCC(C)C)n1. The van der Waals surface area contributed by atoms with Crippen LogP contribution in [0.2, 0.25) is 0 Å². The van der Waals surface area contributed by atoms with Crippen molar-refractivity contribution in [1.82, 2.24) is 14.9 Å². The summed E-state index contributed by atoms with van der Waals surface area (Å²) in [5.74, 6) is 0.902. The molecule has 24 heavy (non-hydrogen) atoms. The Labute approximate surface area is 143 Å². The monoisotopic (exact) mass is 354 g/mol. The van der Waals surface area contributed by atoms with Gasteiger partial charge in [-0.15, -0.1) is 0 Å². The largest absolute Gasteiger partial charge is 0.354 e. The van der Waals surface area contributed by atoms with E-state index in [9.17, 15) is 13.2 Å². The lowest BCUT2D eigenvalue weighted by Crippen LogP contribution is -2.38. The minimum Gasteiger partial charge on any atom is -0.354 e. The van der Waals surface area contributed by atoms with Crippen LogP contribution in [0.5, 0.6) is 0 Å². The highest BCUT2D eigenvalue weighted by molar-refractivity contribution is 7.91. The smallest absolute Gasteiger partial charge is 0.272 e. The number of carbonyl (C=O) groups is 1. The topological polar surface area (TPSA) is 92.3 Å². The molecule has 1 aromatic heterocycles. The van der Waals surface area contributed by atoms with Gasteiger partial charge in [0.2, 0.25) is 5.95 Å². The molecule has 7 nitrogen and oxygen atoms in total. The van der Waals surface area contributed by atoms with Crippen molar-refractivity contribution in [3.05, 3.63) is 17.5 Å². The second kappa shape index (κ2) is 7.46. The molecule has 1 aliphatic heterocycles. The molecule has 0 aliphatic carbocycles. The van der Waals surface area contributed by atoms with Crippen molar-refractivity contribution in [1.29, 1.82) is 0 Å². The number of nitrogens with one attached hydrogen (secondary N) is 1. The maximum Gasteiger partial charge on any atom is 0.272 e. The zero-order valence-electron chi connectivity index (χ0n) is 14.7. The average Bonchev–Trinajstić information content (AvgIpc) is 2.85. The van der Waals surface area contributed by atoms with Crippen LogP contribution in [-0.2, 0) is 9.84 Å². The molecule has 0 bridgehead atoms. The van der Waals surface area contributed by atoms with E-state index in [1.54, 1.807) is 13.1 Å². The molecule has 1 unspecified atom stereocenters. The van der Waals surface area contributed by atoms with Gasteiger partial charge in [0.25, 0.3) is 5.91 Å². The Balaban J connectivity index is 2.09. The fourth-order valence-corrected chi connectivity index (χ4v) is 4.43. The molecule has 1 atom stereocenters. The van der Waals surface area contributed by atoms with Gasteiger partial charge in [0.05, 0.1) is 11.5 Å². The Hall–Kier alpha value is -1.70. The van der Waals surface area contributed by atoms with E-state index in [2.05, 4.69) is 29.1 Å². The second-order valence-corrected chi connectivity index (χ2v) is 9.03. The summed E-state index contributed by atoms with van der Waals surface area (Å²) in [4.78, 5) is 22.7. The fourth-order valence-electron chi connectivity index (χ4n) is 2.66. The minimum absolute atomic E-state index is 0.0266. The highest BCUT2D eigenvalue weighted by atomic mass is 32.2. The maximum absolute atomic E-state index is 12.6. The number of nitrogens with zero attached hydrogens (tertiary/aromatic N) is 3. The van der Waals surface area contributed by atoms with Crippen LogP contribution in [0.3, 0.4) is 0 Å². The van der Waals surface area contributed by atoms with Gasteiger partial charge in [-0.2, -0.15) is 0 Å². The highest BCUT2D eigenvalue weighted by Crippen LogP contribution is 2.18. The van der Waals surface area contributed by atoms with Gasteiger partial charge in [0.15, 0.2) is 9.84 Å². The van der Waals surface area contributed by atoms with E-state index in [1.807, 2.05) is 6.92 Å². The highest BCUT2D eigenvalue weighted by Gasteiger charge is 2.33. The van der Waals surface area contributed by atoms with Crippen molar-refractivity contribution < 1.29 is 13.2 Å². The first-order valence-electron chi connectivity index (χ1n) is 8.25.